The Morgan fingerprint density at radius 2 is 1.83 bits per heavy atom. The molecule has 2 aromatic carbocycles. The van der Waals surface area contributed by atoms with Gasteiger partial charge in [-0.05, 0) is 24.3 Å². The molecule has 0 atom stereocenters. The van der Waals surface area contributed by atoms with Crippen LogP contribution in [0.4, 0.5) is 11.4 Å². The summed E-state index contributed by atoms with van der Waals surface area (Å²) in [6, 6.07) is 15.8. The molecule has 0 heterocycles. The molecule has 0 aliphatic carbocycles. The number of para-hydroxylation sites is 3. The molecule has 2 N–H and O–H groups in total. The molecule has 0 unspecified atom stereocenters. The molecule has 0 aliphatic rings. The molecule has 5 nitrogen and oxygen atoms in total. The van der Waals surface area contributed by atoms with Gasteiger partial charge in [0.15, 0.2) is 0 Å². The van der Waals surface area contributed by atoms with Gasteiger partial charge < -0.3 is 15.4 Å². The van der Waals surface area contributed by atoms with Crippen LogP contribution in [0.25, 0.3) is 0 Å². The summed E-state index contributed by atoms with van der Waals surface area (Å²) in [6.45, 7) is 0. The Labute approximate surface area is 139 Å². The van der Waals surface area contributed by atoms with E-state index in [0.717, 1.165) is 0 Å². The van der Waals surface area contributed by atoms with Gasteiger partial charge in [-0.3, -0.25) is 4.79 Å². The number of rotatable bonds is 5. The van der Waals surface area contributed by atoms with Gasteiger partial charge in [-0.25, -0.2) is 0 Å². The van der Waals surface area contributed by atoms with E-state index in [-0.39, 0.29) is 5.57 Å². The van der Waals surface area contributed by atoms with Crippen LogP contribution in [-0.4, -0.2) is 13.0 Å². The van der Waals surface area contributed by atoms with Crippen molar-refractivity contribution in [3.63, 3.8) is 0 Å². The van der Waals surface area contributed by atoms with Crippen LogP contribution >= 0.6 is 11.6 Å². The van der Waals surface area contributed by atoms with Crippen LogP contribution in [0.2, 0.25) is 5.02 Å². The smallest absolute Gasteiger partial charge is 0.267 e. The molecule has 2 rings (SSSR count). The number of carbonyl (C=O) groups is 1. The summed E-state index contributed by atoms with van der Waals surface area (Å²) < 4.78 is 5.19. The first-order valence-corrected chi connectivity index (χ1v) is 7.09. The Morgan fingerprint density at radius 1 is 1.17 bits per heavy atom. The molecule has 0 saturated carbocycles. The van der Waals surface area contributed by atoms with Crippen molar-refractivity contribution in [1.82, 2.24) is 0 Å². The van der Waals surface area contributed by atoms with Gasteiger partial charge in [-0.1, -0.05) is 35.9 Å². The molecule has 2 aromatic rings. The summed E-state index contributed by atoms with van der Waals surface area (Å²) in [7, 11) is 1.54. The maximum Gasteiger partial charge on any atom is 0.267 e. The zero-order valence-corrected chi connectivity index (χ0v) is 13.1. The number of anilines is 2. The topological polar surface area (TPSA) is 74.1 Å². The normalized spacial score (nSPS) is 10.6. The number of benzene rings is 2. The van der Waals surface area contributed by atoms with Crippen molar-refractivity contribution < 1.29 is 9.53 Å². The minimum absolute atomic E-state index is 0.0872. The van der Waals surface area contributed by atoms with Gasteiger partial charge in [-0.2, -0.15) is 5.26 Å². The molecule has 0 saturated heterocycles. The number of nitriles is 1. The highest BCUT2D eigenvalue weighted by molar-refractivity contribution is 6.33. The number of carbonyl (C=O) groups excluding carboxylic acids is 1. The maximum atomic E-state index is 12.1. The van der Waals surface area contributed by atoms with Crippen LogP contribution < -0.4 is 15.4 Å². The van der Waals surface area contributed by atoms with E-state index in [1.165, 1.54) is 6.20 Å². The van der Waals surface area contributed by atoms with Crippen molar-refractivity contribution in [3.8, 4) is 11.8 Å². The molecule has 116 valence electrons. The van der Waals surface area contributed by atoms with E-state index in [0.29, 0.717) is 22.1 Å². The van der Waals surface area contributed by atoms with E-state index >= 15 is 0 Å². The van der Waals surface area contributed by atoms with Crippen LogP contribution in [0, 0.1) is 11.3 Å². The third-order valence-corrected chi connectivity index (χ3v) is 3.30. The number of ether oxygens (including phenoxy) is 1. The quantitative estimate of drug-likeness (QED) is 0.647. The van der Waals surface area contributed by atoms with Crippen molar-refractivity contribution >= 4 is 28.9 Å². The largest absolute Gasteiger partial charge is 0.495 e. The van der Waals surface area contributed by atoms with Gasteiger partial charge in [0.2, 0.25) is 0 Å². The first kappa shape index (κ1) is 16.4. The molecule has 6 heteroatoms. The Morgan fingerprint density at radius 3 is 2.48 bits per heavy atom. The summed E-state index contributed by atoms with van der Waals surface area (Å²) in [4.78, 5) is 12.1. The second-order valence-corrected chi connectivity index (χ2v) is 4.86. The van der Waals surface area contributed by atoms with Gasteiger partial charge in [0.25, 0.3) is 5.91 Å². The fraction of sp³-hybridized carbons (Fsp3) is 0.0588. The number of nitrogens with zero attached hydrogens (tertiary/aromatic N) is 1. The number of hydrogen-bond donors (Lipinski definition) is 2. The molecular weight excluding hydrogens is 314 g/mol. The van der Waals surface area contributed by atoms with Crippen LogP contribution in [0.15, 0.2) is 60.3 Å². The summed E-state index contributed by atoms with van der Waals surface area (Å²) in [6.07, 6.45) is 1.32. The number of methoxy groups -OCH3 is 1. The average Bonchev–Trinajstić information content (AvgIpc) is 2.58. The van der Waals surface area contributed by atoms with Crippen molar-refractivity contribution in [2.45, 2.75) is 0 Å². The highest BCUT2D eigenvalue weighted by atomic mass is 35.5. The second kappa shape index (κ2) is 7.87. The molecule has 0 spiro atoms. The molecule has 0 radical (unpaired) electrons. The maximum absolute atomic E-state index is 12.1. The SMILES string of the molecule is COc1ccccc1N/C=C(/C#N)C(=O)Nc1ccccc1Cl. The fourth-order valence-electron chi connectivity index (χ4n) is 1.81. The van der Waals surface area contributed by atoms with E-state index in [2.05, 4.69) is 10.6 Å². The van der Waals surface area contributed by atoms with Gasteiger partial charge in [0.05, 0.1) is 23.5 Å². The lowest BCUT2D eigenvalue weighted by Crippen LogP contribution is -2.14. The summed E-state index contributed by atoms with van der Waals surface area (Å²) in [5.74, 6) is 0.0514. The van der Waals surface area contributed by atoms with Crippen molar-refractivity contribution in [2.24, 2.45) is 0 Å². The molecule has 0 aliphatic heterocycles. The molecular formula is C17H14ClN3O2. The lowest BCUT2D eigenvalue weighted by molar-refractivity contribution is -0.112. The second-order valence-electron chi connectivity index (χ2n) is 4.45. The van der Waals surface area contributed by atoms with Crippen LogP contribution in [0.1, 0.15) is 0 Å². The predicted octanol–water partition coefficient (Wildman–Crippen LogP) is 3.81. The molecule has 0 bridgehead atoms. The Balaban J connectivity index is 2.14. The van der Waals surface area contributed by atoms with E-state index < -0.39 is 5.91 Å². The van der Waals surface area contributed by atoms with E-state index in [1.54, 1.807) is 43.5 Å². The predicted molar refractivity (Wildman–Crippen MR) is 90.4 cm³/mol. The Kier molecular flexibility index (Phi) is 5.61. The average molecular weight is 328 g/mol. The van der Waals surface area contributed by atoms with Crippen LogP contribution in [0.3, 0.4) is 0 Å². The summed E-state index contributed by atoms with van der Waals surface area (Å²) >= 11 is 5.98. The minimum atomic E-state index is -0.553. The third-order valence-electron chi connectivity index (χ3n) is 2.97. The lowest BCUT2D eigenvalue weighted by Gasteiger charge is -2.09. The Hall–Kier alpha value is -2.97. The highest BCUT2D eigenvalue weighted by Crippen LogP contribution is 2.24. The van der Waals surface area contributed by atoms with E-state index in [1.807, 2.05) is 18.2 Å². The summed E-state index contributed by atoms with van der Waals surface area (Å²) in [5, 5.41) is 15.1. The van der Waals surface area contributed by atoms with E-state index in [9.17, 15) is 4.79 Å². The number of hydrogen-bond acceptors (Lipinski definition) is 4. The van der Waals surface area contributed by atoms with Gasteiger partial charge in [0.1, 0.15) is 17.4 Å². The highest BCUT2D eigenvalue weighted by Gasteiger charge is 2.11. The minimum Gasteiger partial charge on any atom is -0.495 e. The standard InChI is InChI=1S/C17H14ClN3O2/c1-23-16-9-5-4-8-15(16)20-11-12(10-19)17(22)21-14-7-3-2-6-13(14)18/h2-9,11,20H,1H3,(H,21,22)/b12-11-. The lowest BCUT2D eigenvalue weighted by atomic mass is 10.2. The van der Waals surface area contributed by atoms with Gasteiger partial charge in [0, 0.05) is 6.20 Å². The Bertz CT molecular complexity index is 781. The first-order chi connectivity index (χ1) is 11.2. The zero-order chi connectivity index (χ0) is 16.7. The third kappa shape index (κ3) is 4.25. The van der Waals surface area contributed by atoms with Crippen LogP contribution in [-0.2, 0) is 4.79 Å². The van der Waals surface area contributed by atoms with Crippen molar-refractivity contribution in [2.75, 3.05) is 17.7 Å². The monoisotopic (exact) mass is 327 g/mol. The molecule has 0 aromatic heterocycles. The first-order valence-electron chi connectivity index (χ1n) is 6.71. The van der Waals surface area contributed by atoms with E-state index in [4.69, 9.17) is 21.6 Å². The van der Waals surface area contributed by atoms with Crippen molar-refractivity contribution in [3.05, 3.63) is 65.3 Å². The number of halogens is 1. The van der Waals surface area contributed by atoms with Gasteiger partial charge in [-0.15, -0.1) is 0 Å². The van der Waals surface area contributed by atoms with Gasteiger partial charge >= 0.3 is 0 Å². The number of nitrogens with one attached hydrogen (secondary N) is 2. The molecule has 0 fully saturated rings. The molecule has 1 amide bonds. The molecule has 23 heavy (non-hydrogen) atoms. The zero-order valence-electron chi connectivity index (χ0n) is 12.3. The van der Waals surface area contributed by atoms with Crippen molar-refractivity contribution in [1.29, 1.82) is 5.26 Å². The van der Waals surface area contributed by atoms with Crippen LogP contribution in [0.5, 0.6) is 5.75 Å². The fourth-order valence-corrected chi connectivity index (χ4v) is 2.00. The summed E-state index contributed by atoms with van der Waals surface area (Å²) in [5.41, 5.74) is 1.00. The number of amides is 1.